The number of nitrogens with zero attached hydrogens (tertiary/aromatic N) is 1. The minimum Gasteiger partial charge on any atom is -0.478 e. The summed E-state index contributed by atoms with van der Waals surface area (Å²) in [7, 11) is 1.67. The van der Waals surface area contributed by atoms with E-state index < -0.39 is 5.97 Å². The number of anilines is 3. The van der Waals surface area contributed by atoms with Crippen LogP contribution in [0.3, 0.4) is 0 Å². The second kappa shape index (κ2) is 4.97. The molecule has 5 heteroatoms. The molecule has 3 N–H and O–H groups in total. The molecule has 0 saturated carbocycles. The van der Waals surface area contributed by atoms with Crippen molar-refractivity contribution in [2.45, 2.75) is 0 Å². The molecule has 0 amide bonds. The summed E-state index contributed by atoms with van der Waals surface area (Å²) in [6.45, 7) is 0. The average molecular weight is 260 g/mol. The van der Waals surface area contributed by atoms with Gasteiger partial charge in [-0.1, -0.05) is 12.1 Å². The first-order valence-corrected chi connectivity index (χ1v) is 5.62. The van der Waals surface area contributed by atoms with Crippen LogP contribution >= 0.6 is 0 Å². The van der Waals surface area contributed by atoms with Crippen LogP contribution in [0.25, 0.3) is 0 Å². The lowest BCUT2D eigenvalue weighted by Crippen LogP contribution is -2.13. The minimum absolute atomic E-state index is 0.100. The highest BCUT2D eigenvalue weighted by molar-refractivity contribution is 5.91. The third-order valence-corrected chi connectivity index (χ3v) is 2.85. The summed E-state index contributed by atoms with van der Waals surface area (Å²) in [4.78, 5) is 12.4. The Kier molecular flexibility index (Phi) is 3.37. The maximum Gasteiger partial charge on any atom is 0.335 e. The Bertz CT molecular complexity index is 629. The molecule has 0 atom stereocenters. The van der Waals surface area contributed by atoms with Crippen LogP contribution in [0.2, 0.25) is 0 Å². The van der Waals surface area contributed by atoms with Gasteiger partial charge in [-0.3, -0.25) is 0 Å². The smallest absolute Gasteiger partial charge is 0.335 e. The third kappa shape index (κ3) is 2.49. The lowest BCUT2D eigenvalue weighted by Gasteiger charge is -2.21. The van der Waals surface area contributed by atoms with Crippen molar-refractivity contribution < 1.29 is 14.3 Å². The van der Waals surface area contributed by atoms with Crippen LogP contribution in [0.4, 0.5) is 21.5 Å². The summed E-state index contributed by atoms with van der Waals surface area (Å²) >= 11 is 0. The van der Waals surface area contributed by atoms with Gasteiger partial charge in [0.15, 0.2) is 0 Å². The van der Waals surface area contributed by atoms with Crippen LogP contribution in [0, 0.1) is 5.82 Å². The topological polar surface area (TPSA) is 66.6 Å². The van der Waals surface area contributed by atoms with Gasteiger partial charge in [0.2, 0.25) is 0 Å². The van der Waals surface area contributed by atoms with Gasteiger partial charge in [0.25, 0.3) is 0 Å². The number of nitrogens with two attached hydrogens (primary N) is 1. The van der Waals surface area contributed by atoms with Crippen molar-refractivity contribution in [3.05, 3.63) is 53.8 Å². The molecule has 0 radical (unpaired) electrons. The highest BCUT2D eigenvalue weighted by Gasteiger charge is 2.13. The molecule has 4 nitrogen and oxygen atoms in total. The molecule has 0 bridgehead atoms. The lowest BCUT2D eigenvalue weighted by molar-refractivity contribution is 0.0697. The summed E-state index contributed by atoms with van der Waals surface area (Å²) in [6.07, 6.45) is 0. The van der Waals surface area contributed by atoms with E-state index in [1.54, 1.807) is 36.2 Å². The molecule has 0 aliphatic rings. The highest BCUT2D eigenvalue weighted by Crippen LogP contribution is 2.31. The maximum atomic E-state index is 13.7. The van der Waals surface area contributed by atoms with E-state index in [0.29, 0.717) is 11.4 Å². The van der Waals surface area contributed by atoms with E-state index in [1.807, 2.05) is 0 Å². The summed E-state index contributed by atoms with van der Waals surface area (Å²) in [6, 6.07) is 10.7. The van der Waals surface area contributed by atoms with Gasteiger partial charge in [0.1, 0.15) is 5.82 Å². The van der Waals surface area contributed by atoms with Crippen LogP contribution < -0.4 is 10.6 Å². The monoisotopic (exact) mass is 260 g/mol. The van der Waals surface area contributed by atoms with Gasteiger partial charge in [0, 0.05) is 7.05 Å². The van der Waals surface area contributed by atoms with Crippen LogP contribution in [0.5, 0.6) is 0 Å². The van der Waals surface area contributed by atoms with E-state index in [-0.39, 0.29) is 17.1 Å². The van der Waals surface area contributed by atoms with Crippen LogP contribution in [0.15, 0.2) is 42.5 Å². The zero-order chi connectivity index (χ0) is 14.0. The second-order valence-corrected chi connectivity index (χ2v) is 4.09. The zero-order valence-corrected chi connectivity index (χ0v) is 10.3. The predicted octanol–water partition coefficient (Wildman–Crippen LogP) is 2.87. The van der Waals surface area contributed by atoms with Gasteiger partial charge in [-0.15, -0.1) is 0 Å². The standard InChI is InChI=1S/C14H13FN2O2/c1-17(12-5-3-2-4-10(12)15)13-7-6-9(14(18)19)8-11(13)16/h2-8H,16H2,1H3,(H,18,19). The number of carboxylic acid groups (broad SMARTS) is 1. The largest absolute Gasteiger partial charge is 0.478 e. The van der Waals surface area contributed by atoms with Crippen LogP contribution in [-0.4, -0.2) is 18.1 Å². The first-order valence-electron chi connectivity index (χ1n) is 5.62. The first-order chi connectivity index (χ1) is 9.00. The van der Waals surface area contributed by atoms with Crippen LogP contribution in [0.1, 0.15) is 10.4 Å². The van der Waals surface area contributed by atoms with E-state index in [4.69, 9.17) is 10.8 Å². The molecule has 0 aliphatic carbocycles. The molecule has 0 saturated heterocycles. The van der Waals surface area contributed by atoms with E-state index in [1.165, 1.54) is 18.2 Å². The number of hydrogen-bond acceptors (Lipinski definition) is 3. The summed E-state index contributed by atoms with van der Waals surface area (Å²) < 4.78 is 13.7. The van der Waals surface area contributed by atoms with Crippen molar-refractivity contribution in [1.29, 1.82) is 0 Å². The van der Waals surface area contributed by atoms with Gasteiger partial charge in [-0.25, -0.2) is 9.18 Å². The second-order valence-electron chi connectivity index (χ2n) is 4.09. The van der Waals surface area contributed by atoms with Crippen molar-refractivity contribution in [2.75, 3.05) is 17.7 Å². The van der Waals surface area contributed by atoms with Crippen molar-refractivity contribution in [2.24, 2.45) is 0 Å². The molecule has 0 aliphatic heterocycles. The molecule has 2 aromatic rings. The Hall–Kier alpha value is -2.56. The molecule has 0 unspecified atom stereocenters. The quantitative estimate of drug-likeness (QED) is 0.833. The number of hydrogen-bond donors (Lipinski definition) is 2. The Morgan fingerprint density at radius 3 is 2.47 bits per heavy atom. The van der Waals surface area contributed by atoms with Crippen molar-refractivity contribution in [3.8, 4) is 0 Å². The maximum absolute atomic E-state index is 13.7. The first kappa shape index (κ1) is 12.9. The van der Waals surface area contributed by atoms with E-state index >= 15 is 0 Å². The average Bonchev–Trinajstić information content (AvgIpc) is 2.38. The molecule has 0 aromatic heterocycles. The number of benzene rings is 2. The molecular weight excluding hydrogens is 247 g/mol. The summed E-state index contributed by atoms with van der Waals surface area (Å²) in [5.74, 6) is -1.42. The SMILES string of the molecule is CN(c1ccc(C(=O)O)cc1N)c1ccccc1F. The van der Waals surface area contributed by atoms with Gasteiger partial charge < -0.3 is 15.7 Å². The molecule has 0 spiro atoms. The normalized spacial score (nSPS) is 10.2. The number of para-hydroxylation sites is 1. The fourth-order valence-electron chi connectivity index (χ4n) is 1.85. The molecule has 0 fully saturated rings. The van der Waals surface area contributed by atoms with E-state index in [2.05, 4.69) is 0 Å². The predicted molar refractivity (Wildman–Crippen MR) is 72.3 cm³/mol. The fraction of sp³-hybridized carbons (Fsp3) is 0.0714. The molecule has 98 valence electrons. The number of halogens is 1. The number of nitrogen functional groups attached to an aromatic ring is 1. The molecule has 19 heavy (non-hydrogen) atoms. The highest BCUT2D eigenvalue weighted by atomic mass is 19.1. The zero-order valence-electron chi connectivity index (χ0n) is 10.3. The molecule has 2 rings (SSSR count). The molecule has 0 heterocycles. The van der Waals surface area contributed by atoms with Gasteiger partial charge >= 0.3 is 5.97 Å². The minimum atomic E-state index is -1.05. The van der Waals surface area contributed by atoms with Crippen molar-refractivity contribution in [1.82, 2.24) is 0 Å². The Balaban J connectivity index is 2.42. The number of rotatable bonds is 3. The number of aromatic carboxylic acids is 1. The molecular formula is C14H13FN2O2. The van der Waals surface area contributed by atoms with Gasteiger partial charge in [-0.05, 0) is 30.3 Å². The number of carboxylic acids is 1. The van der Waals surface area contributed by atoms with E-state index in [9.17, 15) is 9.18 Å². The Morgan fingerprint density at radius 1 is 1.21 bits per heavy atom. The van der Waals surface area contributed by atoms with E-state index in [0.717, 1.165) is 0 Å². The van der Waals surface area contributed by atoms with Crippen molar-refractivity contribution >= 4 is 23.0 Å². The third-order valence-electron chi connectivity index (χ3n) is 2.85. The van der Waals surface area contributed by atoms with Gasteiger partial charge in [-0.2, -0.15) is 0 Å². The van der Waals surface area contributed by atoms with Gasteiger partial charge in [0.05, 0.1) is 22.6 Å². The Labute approximate surface area is 109 Å². The van der Waals surface area contributed by atoms with Crippen LogP contribution in [-0.2, 0) is 0 Å². The summed E-state index contributed by atoms with van der Waals surface area (Å²) in [5.41, 5.74) is 7.13. The fourth-order valence-corrected chi connectivity index (χ4v) is 1.85. The molecule has 2 aromatic carbocycles. The summed E-state index contributed by atoms with van der Waals surface area (Å²) in [5, 5.41) is 8.87. The number of carbonyl (C=O) groups is 1. The van der Waals surface area contributed by atoms with Crippen molar-refractivity contribution in [3.63, 3.8) is 0 Å². The lowest BCUT2D eigenvalue weighted by atomic mass is 10.1. The Morgan fingerprint density at radius 2 is 1.89 bits per heavy atom.